The Morgan fingerprint density at radius 2 is 2.00 bits per heavy atom. The number of likely N-dealkylation sites (tertiary alicyclic amines) is 2. The number of alkyl halides is 3. The average Bonchev–Trinajstić information content (AvgIpc) is 3.38. The van der Waals surface area contributed by atoms with Gasteiger partial charge in [-0.05, 0) is 43.9 Å². The van der Waals surface area contributed by atoms with Crippen molar-refractivity contribution in [2.75, 3.05) is 44.6 Å². The van der Waals surface area contributed by atoms with Gasteiger partial charge < -0.3 is 20.9 Å². The molecule has 0 spiro atoms. The summed E-state index contributed by atoms with van der Waals surface area (Å²) in [4.78, 5) is 20.1. The van der Waals surface area contributed by atoms with E-state index in [1.165, 1.54) is 4.90 Å². The van der Waals surface area contributed by atoms with Gasteiger partial charge in [-0.2, -0.15) is 13.2 Å². The Balaban J connectivity index is 1.54. The van der Waals surface area contributed by atoms with Crippen molar-refractivity contribution in [2.24, 2.45) is 4.99 Å². The van der Waals surface area contributed by atoms with Crippen LogP contribution in [-0.4, -0.2) is 73.3 Å². The molecule has 2 heterocycles. The van der Waals surface area contributed by atoms with Gasteiger partial charge >= 0.3 is 12.2 Å². The number of urea groups is 1. The van der Waals surface area contributed by atoms with E-state index in [2.05, 4.69) is 20.9 Å². The van der Waals surface area contributed by atoms with Crippen molar-refractivity contribution in [2.45, 2.75) is 44.9 Å². The summed E-state index contributed by atoms with van der Waals surface area (Å²) >= 11 is 0. The zero-order valence-electron chi connectivity index (χ0n) is 17.8. The molecule has 1 atom stereocenters. The molecule has 31 heavy (non-hydrogen) atoms. The first kappa shape index (κ1) is 23.2. The second-order valence-corrected chi connectivity index (χ2v) is 8.00. The maximum atomic E-state index is 12.6. The molecule has 10 heteroatoms. The van der Waals surface area contributed by atoms with E-state index in [4.69, 9.17) is 0 Å². The molecule has 2 aliphatic rings. The molecule has 2 fully saturated rings. The number of aliphatic imine (C=N–C) groups is 1. The lowest BCUT2D eigenvalue weighted by molar-refractivity contribution is -0.143. The lowest BCUT2D eigenvalue weighted by Crippen LogP contribution is -2.45. The highest BCUT2D eigenvalue weighted by atomic mass is 19.4. The maximum absolute atomic E-state index is 12.6. The third-order valence-corrected chi connectivity index (χ3v) is 5.35. The smallest absolute Gasteiger partial charge is 0.357 e. The average molecular weight is 441 g/mol. The van der Waals surface area contributed by atoms with Crippen LogP contribution in [0.15, 0.2) is 29.3 Å². The van der Waals surface area contributed by atoms with Crippen molar-refractivity contribution in [3.8, 4) is 0 Å². The van der Waals surface area contributed by atoms with Gasteiger partial charge in [-0.15, -0.1) is 0 Å². The van der Waals surface area contributed by atoms with Gasteiger partial charge in [0.2, 0.25) is 0 Å². The minimum atomic E-state index is -4.18. The van der Waals surface area contributed by atoms with Gasteiger partial charge in [0, 0.05) is 44.5 Å². The fourth-order valence-electron chi connectivity index (χ4n) is 3.90. The molecule has 1 aromatic carbocycles. The number of carbonyl (C=O) groups is 1. The molecule has 3 N–H and O–H groups in total. The Hall–Kier alpha value is -2.49. The van der Waals surface area contributed by atoms with E-state index < -0.39 is 12.7 Å². The minimum Gasteiger partial charge on any atom is -0.357 e. The topological polar surface area (TPSA) is 72.0 Å². The molecule has 2 aliphatic heterocycles. The third kappa shape index (κ3) is 7.61. The first-order valence-electron chi connectivity index (χ1n) is 10.8. The summed E-state index contributed by atoms with van der Waals surface area (Å²) in [6.07, 6.45) is -1.46. The van der Waals surface area contributed by atoms with E-state index in [1.54, 1.807) is 0 Å². The van der Waals surface area contributed by atoms with Gasteiger partial charge in [-0.25, -0.2) is 9.79 Å². The predicted octanol–water partition coefficient (Wildman–Crippen LogP) is 3.01. The normalized spacial score (nSPS) is 20.2. The van der Waals surface area contributed by atoms with Gasteiger partial charge in [-0.3, -0.25) is 4.90 Å². The third-order valence-electron chi connectivity index (χ3n) is 5.35. The quantitative estimate of drug-likeness (QED) is 0.470. The lowest BCUT2D eigenvalue weighted by atomic mass is 10.2. The van der Waals surface area contributed by atoms with Crippen LogP contribution in [0, 0.1) is 0 Å². The summed E-state index contributed by atoms with van der Waals surface area (Å²) in [5.41, 5.74) is 1.66. The second kappa shape index (κ2) is 10.7. The lowest BCUT2D eigenvalue weighted by Gasteiger charge is -2.20. The molecule has 3 rings (SSSR count). The van der Waals surface area contributed by atoms with Gasteiger partial charge in [0.15, 0.2) is 5.96 Å². The summed E-state index contributed by atoms with van der Waals surface area (Å²) in [5, 5.41) is 9.32. The Kier molecular flexibility index (Phi) is 8.00. The molecule has 2 saturated heterocycles. The molecular weight excluding hydrogens is 409 g/mol. The Morgan fingerprint density at radius 3 is 2.71 bits per heavy atom. The van der Waals surface area contributed by atoms with Crippen LogP contribution in [0.25, 0.3) is 0 Å². The standard InChI is InChI=1S/C21H31F3N6O/c1-2-25-19(27-18-8-11-29(14-18)15-21(22,23)24)26-13-16-6-5-7-17(12-16)28-20(31)30-9-3-4-10-30/h5-7,12,18H,2-4,8-11,13-15H2,1H3,(H,28,31)(H2,25,26,27). The summed E-state index contributed by atoms with van der Waals surface area (Å²) in [7, 11) is 0. The fourth-order valence-corrected chi connectivity index (χ4v) is 3.90. The minimum absolute atomic E-state index is 0.0776. The zero-order chi connectivity index (χ0) is 22.3. The number of guanidine groups is 1. The summed E-state index contributed by atoms with van der Waals surface area (Å²) in [5.74, 6) is 0.577. The predicted molar refractivity (Wildman–Crippen MR) is 115 cm³/mol. The monoisotopic (exact) mass is 440 g/mol. The molecule has 0 bridgehead atoms. The van der Waals surface area contributed by atoms with Gasteiger partial charge in [0.25, 0.3) is 0 Å². The summed E-state index contributed by atoms with van der Waals surface area (Å²) < 4.78 is 37.8. The van der Waals surface area contributed by atoms with Crippen LogP contribution in [-0.2, 0) is 6.54 Å². The summed E-state index contributed by atoms with van der Waals surface area (Å²) in [6.45, 7) is 4.42. The Labute approximate surface area is 181 Å². The van der Waals surface area contributed by atoms with Crippen molar-refractivity contribution in [1.82, 2.24) is 20.4 Å². The van der Waals surface area contributed by atoms with Gasteiger partial charge in [0.1, 0.15) is 0 Å². The number of nitrogens with one attached hydrogen (secondary N) is 3. The molecule has 0 radical (unpaired) electrons. The van der Waals surface area contributed by atoms with Crippen molar-refractivity contribution in [1.29, 1.82) is 0 Å². The van der Waals surface area contributed by atoms with Crippen molar-refractivity contribution in [3.63, 3.8) is 0 Å². The van der Waals surface area contributed by atoms with Crippen LogP contribution < -0.4 is 16.0 Å². The maximum Gasteiger partial charge on any atom is 0.401 e. The van der Waals surface area contributed by atoms with Crippen LogP contribution in [0.1, 0.15) is 31.7 Å². The molecule has 0 saturated carbocycles. The van der Waals surface area contributed by atoms with Gasteiger partial charge in [0.05, 0.1) is 13.1 Å². The number of hydrogen-bond donors (Lipinski definition) is 3. The van der Waals surface area contributed by atoms with E-state index >= 15 is 0 Å². The highest BCUT2D eigenvalue weighted by Crippen LogP contribution is 2.20. The molecule has 172 valence electrons. The molecule has 1 aromatic rings. The Bertz CT molecular complexity index is 764. The number of nitrogens with zero attached hydrogens (tertiary/aromatic N) is 3. The van der Waals surface area contributed by atoms with Crippen molar-refractivity contribution >= 4 is 17.7 Å². The van der Waals surface area contributed by atoms with Crippen LogP contribution >= 0.6 is 0 Å². The molecule has 2 amide bonds. The van der Waals surface area contributed by atoms with Crippen LogP contribution in [0.3, 0.4) is 0 Å². The summed E-state index contributed by atoms with van der Waals surface area (Å²) in [6, 6.07) is 7.37. The molecular formula is C21H31F3N6O. The van der Waals surface area contributed by atoms with E-state index in [0.717, 1.165) is 37.2 Å². The van der Waals surface area contributed by atoms with Crippen molar-refractivity contribution < 1.29 is 18.0 Å². The number of rotatable bonds is 6. The second-order valence-electron chi connectivity index (χ2n) is 8.00. The van der Waals surface area contributed by atoms with E-state index in [9.17, 15) is 18.0 Å². The number of anilines is 1. The SMILES string of the molecule is CCNC(=NCc1cccc(NC(=O)N2CCCC2)c1)NC1CCN(CC(F)(F)F)C1. The van der Waals surface area contributed by atoms with Crippen LogP contribution in [0.2, 0.25) is 0 Å². The van der Waals surface area contributed by atoms with Crippen LogP contribution in [0.4, 0.5) is 23.7 Å². The fraction of sp³-hybridized carbons (Fsp3) is 0.619. The van der Waals surface area contributed by atoms with E-state index in [0.29, 0.717) is 38.6 Å². The zero-order valence-corrected chi connectivity index (χ0v) is 17.8. The molecule has 0 aromatic heterocycles. The molecule has 1 unspecified atom stereocenters. The Morgan fingerprint density at radius 1 is 1.23 bits per heavy atom. The van der Waals surface area contributed by atoms with E-state index in [-0.39, 0.29) is 12.1 Å². The number of halogens is 3. The number of benzene rings is 1. The van der Waals surface area contributed by atoms with Crippen molar-refractivity contribution in [3.05, 3.63) is 29.8 Å². The first-order valence-corrected chi connectivity index (χ1v) is 10.8. The number of carbonyl (C=O) groups excluding carboxylic acids is 1. The highest BCUT2D eigenvalue weighted by Gasteiger charge is 2.34. The molecule has 7 nitrogen and oxygen atoms in total. The van der Waals surface area contributed by atoms with Crippen LogP contribution in [0.5, 0.6) is 0 Å². The largest absolute Gasteiger partial charge is 0.401 e. The number of amides is 2. The highest BCUT2D eigenvalue weighted by molar-refractivity contribution is 5.89. The first-order chi connectivity index (χ1) is 14.8. The van der Waals surface area contributed by atoms with E-state index in [1.807, 2.05) is 36.1 Å². The van der Waals surface area contributed by atoms with Gasteiger partial charge in [-0.1, -0.05) is 12.1 Å². The number of hydrogen-bond acceptors (Lipinski definition) is 3. The molecule has 0 aliphatic carbocycles.